The predicted molar refractivity (Wildman–Crippen MR) is 115 cm³/mol. The molecule has 0 aromatic heterocycles. The van der Waals surface area contributed by atoms with Gasteiger partial charge in [0.1, 0.15) is 12.1 Å². The number of amides is 3. The molecule has 0 saturated heterocycles. The van der Waals surface area contributed by atoms with Gasteiger partial charge in [0.15, 0.2) is 0 Å². The van der Waals surface area contributed by atoms with Crippen LogP contribution in [0, 0.1) is 0 Å². The predicted octanol–water partition coefficient (Wildman–Crippen LogP) is 3.84. The zero-order valence-corrected chi connectivity index (χ0v) is 18.1. The van der Waals surface area contributed by atoms with Crippen LogP contribution in [-0.4, -0.2) is 30.1 Å². The molecule has 8 heteroatoms. The van der Waals surface area contributed by atoms with E-state index in [0.717, 1.165) is 10.0 Å². The van der Waals surface area contributed by atoms with Crippen molar-refractivity contribution in [3.05, 3.63) is 64.1 Å². The highest BCUT2D eigenvalue weighted by molar-refractivity contribution is 9.10. The molecule has 0 atom stereocenters. The van der Waals surface area contributed by atoms with Crippen molar-refractivity contribution in [2.45, 2.75) is 32.9 Å². The van der Waals surface area contributed by atoms with Gasteiger partial charge in [-0.1, -0.05) is 34.1 Å². The number of hydrogen-bond donors (Lipinski definition) is 3. The number of hydrogen-bond acceptors (Lipinski definition) is 4. The third kappa shape index (κ3) is 8.35. The highest BCUT2D eigenvalue weighted by Gasteiger charge is 2.16. The van der Waals surface area contributed by atoms with E-state index in [1.54, 1.807) is 57.2 Å². The first-order chi connectivity index (χ1) is 13.6. The lowest BCUT2D eigenvalue weighted by molar-refractivity contribution is -0.115. The molecule has 154 valence electrons. The van der Waals surface area contributed by atoms with Crippen LogP contribution in [0.4, 0.5) is 10.5 Å². The molecule has 2 aromatic rings. The summed E-state index contributed by atoms with van der Waals surface area (Å²) in [5, 5.41) is 7.94. The number of anilines is 1. The summed E-state index contributed by atoms with van der Waals surface area (Å²) in [5.41, 5.74) is 1.31. The molecule has 29 heavy (non-hydrogen) atoms. The Bertz CT molecular complexity index is 893. The Labute approximate surface area is 178 Å². The number of carbonyl (C=O) groups is 3. The topological polar surface area (TPSA) is 96.5 Å². The molecule has 0 aliphatic heterocycles. The van der Waals surface area contributed by atoms with Crippen LogP contribution in [0.3, 0.4) is 0 Å². The maximum atomic E-state index is 12.2. The van der Waals surface area contributed by atoms with Gasteiger partial charge in [0.25, 0.3) is 5.91 Å². The highest BCUT2D eigenvalue weighted by Crippen LogP contribution is 2.13. The number of halogens is 1. The van der Waals surface area contributed by atoms with Crippen LogP contribution in [0.2, 0.25) is 0 Å². The number of carbonyl (C=O) groups excluding carboxylic acids is 3. The molecule has 0 bridgehead atoms. The van der Waals surface area contributed by atoms with Crippen LogP contribution in [0.5, 0.6) is 0 Å². The second kappa shape index (κ2) is 10.1. The smallest absolute Gasteiger partial charge is 0.408 e. The molecular weight excluding hydrogens is 438 g/mol. The van der Waals surface area contributed by atoms with E-state index in [1.165, 1.54) is 0 Å². The molecule has 7 nitrogen and oxygen atoms in total. The Morgan fingerprint density at radius 3 is 2.41 bits per heavy atom. The second-order valence-corrected chi connectivity index (χ2v) is 8.21. The SMILES string of the molecule is CC(C)(C)OC(=O)NCC(=O)Nc1cccc(CNC(=O)c2cccc(Br)c2)c1. The lowest BCUT2D eigenvalue weighted by Crippen LogP contribution is -2.37. The number of nitrogens with one attached hydrogen (secondary N) is 3. The normalized spacial score (nSPS) is 10.8. The molecule has 0 spiro atoms. The quantitative estimate of drug-likeness (QED) is 0.608. The minimum atomic E-state index is -0.656. The van der Waals surface area contributed by atoms with Crippen LogP contribution in [0.1, 0.15) is 36.7 Å². The number of alkyl carbamates (subject to hydrolysis) is 1. The maximum Gasteiger partial charge on any atom is 0.408 e. The molecule has 0 unspecified atom stereocenters. The molecule has 2 rings (SSSR count). The molecule has 0 radical (unpaired) electrons. The van der Waals surface area contributed by atoms with E-state index in [4.69, 9.17) is 4.74 Å². The van der Waals surface area contributed by atoms with Crippen LogP contribution in [-0.2, 0) is 16.1 Å². The van der Waals surface area contributed by atoms with Gasteiger partial charge in [-0.05, 0) is 56.7 Å². The second-order valence-electron chi connectivity index (χ2n) is 7.30. The van der Waals surface area contributed by atoms with E-state index in [9.17, 15) is 14.4 Å². The largest absolute Gasteiger partial charge is 0.444 e. The number of benzene rings is 2. The molecular formula is C21H24BrN3O4. The van der Waals surface area contributed by atoms with Gasteiger partial charge in [-0.2, -0.15) is 0 Å². The van der Waals surface area contributed by atoms with Gasteiger partial charge in [-0.15, -0.1) is 0 Å². The average Bonchev–Trinajstić information content (AvgIpc) is 2.63. The Hall–Kier alpha value is -2.87. The fourth-order valence-electron chi connectivity index (χ4n) is 2.34. The third-order valence-corrected chi connectivity index (χ3v) is 4.04. The summed E-state index contributed by atoms with van der Waals surface area (Å²) >= 11 is 3.34. The van der Waals surface area contributed by atoms with Crippen molar-refractivity contribution in [2.24, 2.45) is 0 Å². The van der Waals surface area contributed by atoms with E-state index >= 15 is 0 Å². The van der Waals surface area contributed by atoms with Gasteiger partial charge in [-0.25, -0.2) is 4.79 Å². The molecule has 0 saturated carbocycles. The number of ether oxygens (including phenoxy) is 1. The van der Waals surface area contributed by atoms with E-state index < -0.39 is 11.7 Å². The third-order valence-electron chi connectivity index (χ3n) is 3.54. The first kappa shape index (κ1) is 22.4. The summed E-state index contributed by atoms with van der Waals surface area (Å²) in [4.78, 5) is 35.8. The monoisotopic (exact) mass is 461 g/mol. The van der Waals surface area contributed by atoms with Crippen molar-refractivity contribution < 1.29 is 19.1 Å². The van der Waals surface area contributed by atoms with Crippen molar-refractivity contribution in [3.63, 3.8) is 0 Å². The van der Waals surface area contributed by atoms with Crippen molar-refractivity contribution in [1.82, 2.24) is 10.6 Å². The molecule has 0 aliphatic rings. The summed E-state index contributed by atoms with van der Waals surface area (Å²) in [5.74, 6) is -0.575. The minimum absolute atomic E-state index is 0.192. The molecule has 3 amide bonds. The lowest BCUT2D eigenvalue weighted by atomic mass is 10.1. The Morgan fingerprint density at radius 2 is 1.72 bits per heavy atom. The van der Waals surface area contributed by atoms with Crippen molar-refractivity contribution in [2.75, 3.05) is 11.9 Å². The van der Waals surface area contributed by atoms with Crippen LogP contribution >= 0.6 is 15.9 Å². The summed E-state index contributed by atoms with van der Waals surface area (Å²) in [6, 6.07) is 14.2. The van der Waals surface area contributed by atoms with E-state index in [1.807, 2.05) is 12.1 Å². The van der Waals surface area contributed by atoms with Gasteiger partial charge in [0, 0.05) is 22.3 Å². The van der Waals surface area contributed by atoms with Gasteiger partial charge in [-0.3, -0.25) is 9.59 Å². The summed E-state index contributed by atoms with van der Waals surface area (Å²) in [6.07, 6.45) is -0.656. The van der Waals surface area contributed by atoms with Crippen molar-refractivity contribution >= 4 is 39.5 Å². The standard InChI is InChI=1S/C21H24BrN3O4/c1-21(2,3)29-20(28)24-13-18(26)25-17-9-4-6-14(10-17)12-23-19(27)15-7-5-8-16(22)11-15/h4-11H,12-13H2,1-3H3,(H,23,27)(H,24,28)(H,25,26). The van der Waals surface area contributed by atoms with Gasteiger partial charge in [0.2, 0.25) is 5.91 Å². The Kier molecular flexibility index (Phi) is 7.78. The van der Waals surface area contributed by atoms with Crippen LogP contribution < -0.4 is 16.0 Å². The number of rotatable bonds is 6. The molecule has 0 aliphatic carbocycles. The van der Waals surface area contributed by atoms with E-state index in [2.05, 4.69) is 31.9 Å². The zero-order chi connectivity index (χ0) is 21.4. The average molecular weight is 462 g/mol. The molecule has 3 N–H and O–H groups in total. The van der Waals surface area contributed by atoms with Crippen LogP contribution in [0.25, 0.3) is 0 Å². The Morgan fingerprint density at radius 1 is 1.00 bits per heavy atom. The molecule has 2 aromatic carbocycles. The first-order valence-electron chi connectivity index (χ1n) is 9.02. The lowest BCUT2D eigenvalue weighted by Gasteiger charge is -2.19. The van der Waals surface area contributed by atoms with Gasteiger partial charge in [0.05, 0.1) is 0 Å². The highest BCUT2D eigenvalue weighted by atomic mass is 79.9. The first-order valence-corrected chi connectivity index (χ1v) is 9.81. The summed E-state index contributed by atoms with van der Waals surface area (Å²) < 4.78 is 5.91. The fourth-order valence-corrected chi connectivity index (χ4v) is 2.74. The summed E-state index contributed by atoms with van der Waals surface area (Å²) in [6.45, 7) is 5.33. The van der Waals surface area contributed by atoms with E-state index in [0.29, 0.717) is 17.8 Å². The van der Waals surface area contributed by atoms with Gasteiger partial charge >= 0.3 is 6.09 Å². The fraction of sp³-hybridized carbons (Fsp3) is 0.286. The van der Waals surface area contributed by atoms with Crippen molar-refractivity contribution in [1.29, 1.82) is 0 Å². The maximum absolute atomic E-state index is 12.2. The summed E-state index contributed by atoms with van der Waals surface area (Å²) in [7, 11) is 0. The molecule has 0 fully saturated rings. The zero-order valence-electron chi connectivity index (χ0n) is 16.5. The van der Waals surface area contributed by atoms with Crippen LogP contribution in [0.15, 0.2) is 53.0 Å². The van der Waals surface area contributed by atoms with Gasteiger partial charge < -0.3 is 20.7 Å². The minimum Gasteiger partial charge on any atom is -0.444 e. The van der Waals surface area contributed by atoms with E-state index in [-0.39, 0.29) is 18.4 Å². The van der Waals surface area contributed by atoms with Crippen molar-refractivity contribution in [3.8, 4) is 0 Å². The molecule has 0 heterocycles. The Balaban J connectivity index is 1.85.